The second-order valence-corrected chi connectivity index (χ2v) is 4.66. The first-order valence-electron chi connectivity index (χ1n) is 6.92. The predicted octanol–water partition coefficient (Wildman–Crippen LogP) is 2.63. The first-order chi connectivity index (χ1) is 11.5. The Morgan fingerprint density at radius 3 is 2.33 bits per heavy atom. The van der Waals surface area contributed by atoms with Crippen molar-refractivity contribution in [2.45, 2.75) is 0 Å². The van der Waals surface area contributed by atoms with Gasteiger partial charge < -0.3 is 19.5 Å². The van der Waals surface area contributed by atoms with Crippen molar-refractivity contribution in [2.75, 3.05) is 26.1 Å². The Labute approximate surface area is 138 Å². The number of nitrogens with one attached hydrogen (secondary N) is 1. The number of nitrogens with zero attached hydrogens (tertiary/aromatic N) is 1. The van der Waals surface area contributed by atoms with E-state index in [1.165, 1.54) is 38.5 Å². The summed E-state index contributed by atoms with van der Waals surface area (Å²) in [4.78, 5) is 22.0. The Morgan fingerprint density at radius 2 is 1.75 bits per heavy atom. The summed E-state index contributed by atoms with van der Waals surface area (Å²) in [5.41, 5.74) is 0.488. The first kappa shape index (κ1) is 17.1. The van der Waals surface area contributed by atoms with Crippen molar-refractivity contribution in [3.63, 3.8) is 0 Å². The molecule has 0 atom stereocenters. The molecule has 2 aromatic rings. The topological polar surface area (TPSA) is 99.9 Å². The highest BCUT2D eigenvalue weighted by Crippen LogP contribution is 2.29. The van der Waals surface area contributed by atoms with Gasteiger partial charge in [0.15, 0.2) is 18.1 Å². The Bertz CT molecular complexity index is 730. The molecule has 8 nitrogen and oxygen atoms in total. The van der Waals surface area contributed by atoms with Gasteiger partial charge in [-0.2, -0.15) is 0 Å². The average Bonchev–Trinajstić information content (AvgIpc) is 2.60. The molecule has 0 heterocycles. The highest BCUT2D eigenvalue weighted by atomic mass is 16.6. The van der Waals surface area contributed by atoms with Crippen molar-refractivity contribution >= 4 is 17.3 Å². The second kappa shape index (κ2) is 7.82. The van der Waals surface area contributed by atoms with E-state index in [0.29, 0.717) is 22.9 Å². The quantitative estimate of drug-likeness (QED) is 0.618. The molecule has 0 aliphatic heterocycles. The lowest BCUT2D eigenvalue weighted by molar-refractivity contribution is -0.384. The number of amides is 1. The Hall–Kier alpha value is -3.29. The van der Waals surface area contributed by atoms with E-state index >= 15 is 0 Å². The molecule has 0 unspecified atom stereocenters. The van der Waals surface area contributed by atoms with Crippen LogP contribution in [-0.4, -0.2) is 31.7 Å². The van der Waals surface area contributed by atoms with Crippen LogP contribution < -0.4 is 19.5 Å². The van der Waals surface area contributed by atoms with Crippen LogP contribution in [-0.2, 0) is 4.79 Å². The average molecular weight is 332 g/mol. The van der Waals surface area contributed by atoms with Crippen molar-refractivity contribution in [1.29, 1.82) is 0 Å². The molecule has 0 aliphatic rings. The third-order valence-corrected chi connectivity index (χ3v) is 3.08. The second-order valence-electron chi connectivity index (χ2n) is 4.66. The van der Waals surface area contributed by atoms with Gasteiger partial charge in [-0.1, -0.05) is 0 Å². The molecule has 0 aliphatic carbocycles. The fraction of sp³-hybridized carbons (Fsp3) is 0.188. The lowest BCUT2D eigenvalue weighted by Gasteiger charge is -2.11. The van der Waals surface area contributed by atoms with Crippen LogP contribution in [0.5, 0.6) is 17.2 Å². The van der Waals surface area contributed by atoms with E-state index in [-0.39, 0.29) is 18.2 Å². The van der Waals surface area contributed by atoms with Gasteiger partial charge in [0.1, 0.15) is 5.75 Å². The third-order valence-electron chi connectivity index (χ3n) is 3.08. The standard InChI is InChI=1S/C16H16N2O6/c1-22-14-8-3-11(9-15(14)23-2)17-16(19)10-24-13-6-4-12(5-7-13)18(20)21/h3-9H,10H2,1-2H3,(H,17,19). The number of benzene rings is 2. The van der Waals surface area contributed by atoms with E-state index in [9.17, 15) is 14.9 Å². The summed E-state index contributed by atoms with van der Waals surface area (Å²) in [5, 5.41) is 13.2. The number of carbonyl (C=O) groups excluding carboxylic acids is 1. The van der Waals surface area contributed by atoms with Gasteiger partial charge in [0, 0.05) is 23.9 Å². The molecule has 0 fully saturated rings. The minimum Gasteiger partial charge on any atom is -0.493 e. The van der Waals surface area contributed by atoms with Crippen LogP contribution in [0, 0.1) is 10.1 Å². The molecule has 1 amide bonds. The molecule has 0 aromatic heterocycles. The molecule has 0 bridgehead atoms. The molecule has 2 rings (SSSR count). The number of nitro benzene ring substituents is 1. The molecule has 126 valence electrons. The third kappa shape index (κ3) is 4.35. The van der Waals surface area contributed by atoms with Crippen molar-refractivity contribution in [2.24, 2.45) is 0 Å². The number of rotatable bonds is 7. The fourth-order valence-electron chi connectivity index (χ4n) is 1.92. The molecule has 0 spiro atoms. The molecular formula is C16H16N2O6. The van der Waals surface area contributed by atoms with Crippen LogP contribution in [0.3, 0.4) is 0 Å². The van der Waals surface area contributed by atoms with E-state index < -0.39 is 4.92 Å². The number of methoxy groups -OCH3 is 2. The summed E-state index contributed by atoms with van der Waals surface area (Å²) in [7, 11) is 3.02. The molecule has 0 saturated heterocycles. The molecule has 0 saturated carbocycles. The maximum absolute atomic E-state index is 11.9. The van der Waals surface area contributed by atoms with Crippen LogP contribution in [0.1, 0.15) is 0 Å². The van der Waals surface area contributed by atoms with Crippen LogP contribution >= 0.6 is 0 Å². The monoisotopic (exact) mass is 332 g/mol. The fourth-order valence-corrected chi connectivity index (χ4v) is 1.92. The molecular weight excluding hydrogens is 316 g/mol. The summed E-state index contributed by atoms with van der Waals surface area (Å²) in [6.07, 6.45) is 0. The van der Waals surface area contributed by atoms with Crippen molar-refractivity contribution in [3.8, 4) is 17.2 Å². The molecule has 1 N–H and O–H groups in total. The highest BCUT2D eigenvalue weighted by Gasteiger charge is 2.09. The Morgan fingerprint density at radius 1 is 1.08 bits per heavy atom. The van der Waals surface area contributed by atoms with Crippen LogP contribution in [0.2, 0.25) is 0 Å². The zero-order valence-corrected chi connectivity index (χ0v) is 13.1. The number of hydrogen-bond donors (Lipinski definition) is 1. The van der Waals surface area contributed by atoms with Gasteiger partial charge in [-0.3, -0.25) is 14.9 Å². The summed E-state index contributed by atoms with van der Waals surface area (Å²) in [5.74, 6) is 1.04. The maximum Gasteiger partial charge on any atom is 0.269 e. The lowest BCUT2D eigenvalue weighted by Crippen LogP contribution is -2.20. The summed E-state index contributed by atoms with van der Waals surface area (Å²) in [6.45, 7) is -0.230. The maximum atomic E-state index is 11.9. The highest BCUT2D eigenvalue weighted by molar-refractivity contribution is 5.92. The van der Waals surface area contributed by atoms with Crippen molar-refractivity contribution < 1.29 is 23.9 Å². The SMILES string of the molecule is COc1ccc(NC(=O)COc2ccc([N+](=O)[O-])cc2)cc1OC. The number of nitro groups is 1. The van der Waals surface area contributed by atoms with Crippen LogP contribution in [0.25, 0.3) is 0 Å². The Balaban J connectivity index is 1.92. The molecule has 8 heteroatoms. The van der Waals surface area contributed by atoms with E-state index in [4.69, 9.17) is 14.2 Å². The first-order valence-corrected chi connectivity index (χ1v) is 6.92. The smallest absolute Gasteiger partial charge is 0.269 e. The Kier molecular flexibility index (Phi) is 5.56. The van der Waals surface area contributed by atoms with Gasteiger partial charge in [0.05, 0.1) is 19.1 Å². The van der Waals surface area contributed by atoms with Gasteiger partial charge >= 0.3 is 0 Å². The van der Waals surface area contributed by atoms with Gasteiger partial charge in [-0.15, -0.1) is 0 Å². The largest absolute Gasteiger partial charge is 0.493 e. The normalized spacial score (nSPS) is 9.92. The number of carbonyl (C=O) groups is 1. The van der Waals surface area contributed by atoms with Gasteiger partial charge in [-0.25, -0.2) is 0 Å². The van der Waals surface area contributed by atoms with Crippen LogP contribution in [0.15, 0.2) is 42.5 Å². The molecule has 0 radical (unpaired) electrons. The molecule has 24 heavy (non-hydrogen) atoms. The number of ether oxygens (including phenoxy) is 3. The molecule has 2 aromatic carbocycles. The zero-order chi connectivity index (χ0) is 17.5. The number of hydrogen-bond acceptors (Lipinski definition) is 6. The minimum atomic E-state index is -0.506. The summed E-state index contributed by atoms with van der Waals surface area (Å²) < 4.78 is 15.6. The van der Waals surface area contributed by atoms with Gasteiger partial charge in [-0.05, 0) is 24.3 Å². The summed E-state index contributed by atoms with van der Waals surface area (Å²) in [6, 6.07) is 10.5. The van der Waals surface area contributed by atoms with Crippen LogP contribution in [0.4, 0.5) is 11.4 Å². The van der Waals surface area contributed by atoms with Crippen molar-refractivity contribution in [3.05, 3.63) is 52.6 Å². The van der Waals surface area contributed by atoms with Gasteiger partial charge in [0.2, 0.25) is 0 Å². The van der Waals surface area contributed by atoms with Gasteiger partial charge in [0.25, 0.3) is 11.6 Å². The van der Waals surface area contributed by atoms with E-state index in [1.54, 1.807) is 18.2 Å². The zero-order valence-electron chi connectivity index (χ0n) is 13.1. The number of anilines is 1. The number of non-ortho nitro benzene ring substituents is 1. The van der Waals surface area contributed by atoms with E-state index in [1.807, 2.05) is 0 Å². The van der Waals surface area contributed by atoms with E-state index in [0.717, 1.165) is 0 Å². The van der Waals surface area contributed by atoms with E-state index in [2.05, 4.69) is 5.32 Å². The summed E-state index contributed by atoms with van der Waals surface area (Å²) >= 11 is 0. The van der Waals surface area contributed by atoms with Crippen molar-refractivity contribution in [1.82, 2.24) is 0 Å². The minimum absolute atomic E-state index is 0.0443. The lowest BCUT2D eigenvalue weighted by atomic mass is 10.2. The predicted molar refractivity (Wildman–Crippen MR) is 86.8 cm³/mol.